The van der Waals surface area contributed by atoms with Gasteiger partial charge in [0.05, 0.1) is 0 Å². The molecule has 0 amide bonds. The van der Waals surface area contributed by atoms with E-state index in [1.807, 2.05) is 30.3 Å². The van der Waals surface area contributed by atoms with Crippen molar-refractivity contribution in [1.82, 2.24) is 14.8 Å². The molecule has 6 heteroatoms. The highest BCUT2D eigenvalue weighted by atomic mass is 79.9. The molecule has 140 valence electrons. The van der Waals surface area contributed by atoms with Gasteiger partial charge in [0, 0.05) is 16.8 Å². The van der Waals surface area contributed by atoms with E-state index in [4.69, 9.17) is 4.74 Å². The molecule has 0 atom stereocenters. The first kappa shape index (κ1) is 19.7. The lowest BCUT2D eigenvalue weighted by atomic mass is 10.2. The SMILES string of the molecule is C=CCn1c(COc2ccc(CC)cc2)nnc1SCc1cccc(Br)c1. The number of allylic oxidation sites excluding steroid dienone is 1. The Morgan fingerprint density at radius 1 is 1.15 bits per heavy atom. The molecule has 0 radical (unpaired) electrons. The van der Waals surface area contributed by atoms with E-state index in [2.05, 4.69) is 68.5 Å². The number of ether oxygens (including phenoxy) is 1. The summed E-state index contributed by atoms with van der Waals surface area (Å²) >= 11 is 5.17. The molecule has 0 saturated carbocycles. The molecule has 0 N–H and O–H groups in total. The zero-order chi connectivity index (χ0) is 19.1. The van der Waals surface area contributed by atoms with Gasteiger partial charge in [-0.15, -0.1) is 16.8 Å². The van der Waals surface area contributed by atoms with Crippen molar-refractivity contribution in [1.29, 1.82) is 0 Å². The molecular formula is C21H22BrN3OS. The largest absolute Gasteiger partial charge is 0.486 e. The Hall–Kier alpha value is -2.05. The van der Waals surface area contributed by atoms with Crippen LogP contribution in [0.3, 0.4) is 0 Å². The first-order valence-electron chi connectivity index (χ1n) is 8.81. The van der Waals surface area contributed by atoms with Gasteiger partial charge in [-0.25, -0.2) is 0 Å². The highest BCUT2D eigenvalue weighted by Gasteiger charge is 2.12. The average Bonchev–Trinajstić information content (AvgIpc) is 3.07. The second-order valence-electron chi connectivity index (χ2n) is 6.00. The molecule has 3 rings (SSSR count). The number of benzene rings is 2. The summed E-state index contributed by atoms with van der Waals surface area (Å²) < 4.78 is 9.03. The maximum atomic E-state index is 5.90. The molecule has 0 bridgehead atoms. The summed E-state index contributed by atoms with van der Waals surface area (Å²) in [5.41, 5.74) is 2.53. The maximum absolute atomic E-state index is 5.90. The third kappa shape index (κ3) is 5.47. The minimum Gasteiger partial charge on any atom is -0.486 e. The van der Waals surface area contributed by atoms with Gasteiger partial charge in [0.25, 0.3) is 0 Å². The van der Waals surface area contributed by atoms with Gasteiger partial charge in [0.1, 0.15) is 12.4 Å². The zero-order valence-corrected chi connectivity index (χ0v) is 17.7. The van der Waals surface area contributed by atoms with Crippen molar-refractivity contribution in [3.8, 4) is 5.75 Å². The van der Waals surface area contributed by atoms with Gasteiger partial charge in [-0.3, -0.25) is 4.57 Å². The summed E-state index contributed by atoms with van der Waals surface area (Å²) in [6, 6.07) is 16.5. The Kier molecular flexibility index (Phi) is 7.12. The van der Waals surface area contributed by atoms with E-state index in [-0.39, 0.29) is 0 Å². The first-order chi connectivity index (χ1) is 13.2. The summed E-state index contributed by atoms with van der Waals surface area (Å²) in [6.07, 6.45) is 2.87. The predicted molar refractivity (Wildman–Crippen MR) is 114 cm³/mol. The third-order valence-corrected chi connectivity index (χ3v) is 5.59. The lowest BCUT2D eigenvalue weighted by Gasteiger charge is -2.09. The van der Waals surface area contributed by atoms with E-state index < -0.39 is 0 Å². The monoisotopic (exact) mass is 443 g/mol. The van der Waals surface area contributed by atoms with Gasteiger partial charge < -0.3 is 4.74 Å². The number of thioether (sulfide) groups is 1. The summed E-state index contributed by atoms with van der Waals surface area (Å²) in [4.78, 5) is 0. The van der Waals surface area contributed by atoms with Crippen LogP contribution >= 0.6 is 27.7 Å². The molecular weight excluding hydrogens is 422 g/mol. The van der Waals surface area contributed by atoms with E-state index in [9.17, 15) is 0 Å². The molecule has 0 unspecified atom stereocenters. The highest BCUT2D eigenvalue weighted by molar-refractivity contribution is 9.10. The Morgan fingerprint density at radius 3 is 2.67 bits per heavy atom. The van der Waals surface area contributed by atoms with E-state index in [1.54, 1.807) is 11.8 Å². The van der Waals surface area contributed by atoms with Crippen molar-refractivity contribution in [2.75, 3.05) is 0 Å². The Bertz CT molecular complexity index is 893. The number of nitrogens with zero attached hydrogens (tertiary/aromatic N) is 3. The summed E-state index contributed by atoms with van der Waals surface area (Å²) in [5, 5.41) is 9.54. The van der Waals surface area contributed by atoms with Crippen LogP contribution in [0.25, 0.3) is 0 Å². The summed E-state index contributed by atoms with van der Waals surface area (Å²) in [6.45, 7) is 7.03. The van der Waals surface area contributed by atoms with E-state index >= 15 is 0 Å². The van der Waals surface area contributed by atoms with Crippen molar-refractivity contribution in [3.05, 3.63) is 82.6 Å². The zero-order valence-electron chi connectivity index (χ0n) is 15.3. The van der Waals surface area contributed by atoms with Crippen LogP contribution in [0.15, 0.2) is 70.8 Å². The summed E-state index contributed by atoms with van der Waals surface area (Å²) in [5.74, 6) is 2.46. The van der Waals surface area contributed by atoms with Crippen LogP contribution in [0.1, 0.15) is 23.9 Å². The molecule has 0 fully saturated rings. The average molecular weight is 444 g/mol. The second kappa shape index (κ2) is 9.76. The Labute approximate surface area is 172 Å². The lowest BCUT2D eigenvalue weighted by Crippen LogP contribution is -2.07. The van der Waals surface area contributed by atoms with Crippen molar-refractivity contribution in [3.63, 3.8) is 0 Å². The van der Waals surface area contributed by atoms with Crippen molar-refractivity contribution < 1.29 is 4.74 Å². The standard InChI is InChI=1S/C21H22BrN3OS/c1-3-12-25-20(14-26-19-10-8-16(4-2)9-11-19)23-24-21(25)27-15-17-6-5-7-18(22)13-17/h3,5-11,13H,1,4,12,14-15H2,2H3. The van der Waals surface area contributed by atoms with E-state index in [0.29, 0.717) is 13.2 Å². The van der Waals surface area contributed by atoms with Crippen LogP contribution in [0.4, 0.5) is 0 Å². The van der Waals surface area contributed by atoms with Gasteiger partial charge in [-0.1, -0.05) is 65.0 Å². The number of halogens is 1. The molecule has 1 heterocycles. The van der Waals surface area contributed by atoms with Crippen LogP contribution in [0.5, 0.6) is 5.75 Å². The molecule has 0 aliphatic heterocycles. The van der Waals surface area contributed by atoms with Crippen molar-refractivity contribution >= 4 is 27.7 Å². The van der Waals surface area contributed by atoms with Crippen LogP contribution < -0.4 is 4.74 Å². The van der Waals surface area contributed by atoms with Gasteiger partial charge in [-0.2, -0.15) is 0 Å². The van der Waals surface area contributed by atoms with Gasteiger partial charge in [0.15, 0.2) is 11.0 Å². The molecule has 0 spiro atoms. The molecule has 0 aliphatic carbocycles. The van der Waals surface area contributed by atoms with Crippen molar-refractivity contribution in [2.45, 2.75) is 37.4 Å². The summed E-state index contributed by atoms with van der Waals surface area (Å²) in [7, 11) is 0. The van der Waals surface area contributed by atoms with Crippen LogP contribution in [-0.2, 0) is 25.3 Å². The normalized spacial score (nSPS) is 10.7. The lowest BCUT2D eigenvalue weighted by molar-refractivity contribution is 0.289. The molecule has 1 aromatic heterocycles. The van der Waals surface area contributed by atoms with Crippen molar-refractivity contribution in [2.24, 2.45) is 0 Å². The third-order valence-electron chi connectivity index (χ3n) is 4.06. The van der Waals surface area contributed by atoms with Crippen LogP contribution in [0.2, 0.25) is 0 Å². The predicted octanol–water partition coefficient (Wildman–Crippen LogP) is 5.66. The molecule has 0 aliphatic rings. The first-order valence-corrected chi connectivity index (χ1v) is 10.6. The Morgan fingerprint density at radius 2 is 1.96 bits per heavy atom. The van der Waals surface area contributed by atoms with Gasteiger partial charge in [0.2, 0.25) is 0 Å². The molecule has 4 nitrogen and oxygen atoms in total. The smallest absolute Gasteiger partial charge is 0.191 e. The highest BCUT2D eigenvalue weighted by Crippen LogP contribution is 2.24. The van der Waals surface area contributed by atoms with Gasteiger partial charge in [-0.05, 0) is 41.8 Å². The fraction of sp³-hybridized carbons (Fsp3) is 0.238. The molecule has 0 saturated heterocycles. The fourth-order valence-electron chi connectivity index (χ4n) is 2.59. The van der Waals surface area contributed by atoms with Crippen LogP contribution in [-0.4, -0.2) is 14.8 Å². The fourth-order valence-corrected chi connectivity index (χ4v) is 3.95. The van der Waals surface area contributed by atoms with Gasteiger partial charge >= 0.3 is 0 Å². The minimum atomic E-state index is 0.379. The minimum absolute atomic E-state index is 0.379. The van der Waals surface area contributed by atoms with E-state index in [0.717, 1.165) is 33.4 Å². The maximum Gasteiger partial charge on any atom is 0.191 e. The Balaban J connectivity index is 1.67. The molecule has 3 aromatic rings. The topological polar surface area (TPSA) is 39.9 Å². The number of aryl methyl sites for hydroxylation is 1. The number of hydrogen-bond acceptors (Lipinski definition) is 4. The molecule has 2 aromatic carbocycles. The number of hydrogen-bond donors (Lipinski definition) is 0. The second-order valence-corrected chi connectivity index (χ2v) is 7.86. The number of rotatable bonds is 9. The quantitative estimate of drug-likeness (QED) is 0.315. The number of aromatic nitrogens is 3. The van der Waals surface area contributed by atoms with Crippen LogP contribution in [0, 0.1) is 0 Å². The molecule has 27 heavy (non-hydrogen) atoms. The van der Waals surface area contributed by atoms with E-state index in [1.165, 1.54) is 11.1 Å².